The van der Waals surface area contributed by atoms with Gasteiger partial charge < -0.3 is 20.1 Å². The van der Waals surface area contributed by atoms with E-state index in [0.29, 0.717) is 18.3 Å². The minimum absolute atomic E-state index is 0.0910. The Labute approximate surface area is 169 Å². The van der Waals surface area contributed by atoms with Crippen LogP contribution in [-0.2, 0) is 16.0 Å². The first-order valence-corrected chi connectivity index (χ1v) is 9.84. The number of anilines is 1. The summed E-state index contributed by atoms with van der Waals surface area (Å²) in [5, 5.41) is 12.9. The number of aromatic nitrogens is 3. The van der Waals surface area contributed by atoms with Crippen molar-refractivity contribution in [3.05, 3.63) is 35.7 Å². The maximum atomic E-state index is 12.2. The molecular weight excluding hydrogens is 374 g/mol. The lowest BCUT2D eigenvalue weighted by Crippen LogP contribution is -2.33. The van der Waals surface area contributed by atoms with E-state index in [-0.39, 0.29) is 30.4 Å². The van der Waals surface area contributed by atoms with Gasteiger partial charge >= 0.3 is 6.09 Å². The van der Waals surface area contributed by atoms with E-state index in [1.54, 1.807) is 25.4 Å². The second kappa shape index (κ2) is 9.90. The van der Waals surface area contributed by atoms with Crippen LogP contribution in [0.1, 0.15) is 49.8 Å². The number of nitrogens with zero attached hydrogens (tertiary/aromatic N) is 2. The van der Waals surface area contributed by atoms with E-state index in [0.717, 1.165) is 36.9 Å². The zero-order chi connectivity index (χ0) is 20.6. The Kier molecular flexibility index (Phi) is 7.04. The van der Waals surface area contributed by atoms with E-state index in [1.165, 1.54) is 0 Å². The van der Waals surface area contributed by atoms with Gasteiger partial charge in [0.2, 0.25) is 11.8 Å². The van der Waals surface area contributed by atoms with E-state index in [4.69, 9.17) is 9.47 Å². The molecule has 9 heteroatoms. The molecule has 1 fully saturated rings. The molecule has 0 unspecified atom stereocenters. The van der Waals surface area contributed by atoms with Crippen LogP contribution in [0, 0.1) is 0 Å². The minimum Gasteiger partial charge on any atom is -0.481 e. The predicted octanol–water partition coefficient (Wildman–Crippen LogP) is 2.77. The Morgan fingerprint density at radius 3 is 2.90 bits per heavy atom. The molecule has 0 bridgehead atoms. The van der Waals surface area contributed by atoms with Gasteiger partial charge in [0.1, 0.15) is 0 Å². The summed E-state index contributed by atoms with van der Waals surface area (Å²) in [7, 11) is 1.55. The van der Waals surface area contributed by atoms with Gasteiger partial charge in [-0.05, 0) is 31.2 Å². The van der Waals surface area contributed by atoms with E-state index in [9.17, 15) is 9.59 Å². The maximum absolute atomic E-state index is 12.2. The normalized spacial score (nSPS) is 18.3. The molecule has 1 aliphatic carbocycles. The van der Waals surface area contributed by atoms with Gasteiger partial charge in [-0.2, -0.15) is 5.10 Å². The van der Waals surface area contributed by atoms with Crippen LogP contribution in [0.4, 0.5) is 10.6 Å². The Hall–Kier alpha value is -3.10. The fraction of sp³-hybridized carbons (Fsp3) is 0.500. The molecule has 9 nitrogen and oxygen atoms in total. The van der Waals surface area contributed by atoms with E-state index < -0.39 is 0 Å². The highest BCUT2D eigenvalue weighted by atomic mass is 16.5. The molecule has 2 aromatic rings. The molecule has 2 amide bonds. The topological polar surface area (TPSA) is 118 Å². The van der Waals surface area contributed by atoms with Crippen molar-refractivity contribution in [1.29, 1.82) is 0 Å². The molecule has 0 radical (unpaired) electrons. The summed E-state index contributed by atoms with van der Waals surface area (Å²) in [5.41, 5.74) is 1.75. The van der Waals surface area contributed by atoms with Gasteiger partial charge in [-0.15, -0.1) is 0 Å². The summed E-state index contributed by atoms with van der Waals surface area (Å²) in [6, 6.07) is 5.47. The van der Waals surface area contributed by atoms with E-state index in [1.807, 2.05) is 13.0 Å². The third-order valence-electron chi connectivity index (χ3n) is 4.87. The first-order valence-electron chi connectivity index (χ1n) is 9.84. The fourth-order valence-electron chi connectivity index (χ4n) is 3.42. The molecule has 0 spiro atoms. The van der Waals surface area contributed by atoms with Gasteiger partial charge in [0.05, 0.1) is 20.1 Å². The lowest BCUT2D eigenvalue weighted by Gasteiger charge is -2.12. The van der Waals surface area contributed by atoms with Crippen LogP contribution < -0.4 is 15.4 Å². The average Bonchev–Trinajstić information content (AvgIpc) is 3.36. The Balaban J connectivity index is 1.47. The first kappa shape index (κ1) is 20.6. The molecular formula is C20H27N5O4. The largest absolute Gasteiger partial charge is 0.481 e. The van der Waals surface area contributed by atoms with Crippen molar-refractivity contribution in [3.8, 4) is 5.88 Å². The van der Waals surface area contributed by atoms with Crippen LogP contribution >= 0.6 is 0 Å². The van der Waals surface area contributed by atoms with Crippen molar-refractivity contribution in [2.75, 3.05) is 19.0 Å². The van der Waals surface area contributed by atoms with Gasteiger partial charge in [0.15, 0.2) is 5.82 Å². The number of H-pyrrole nitrogens is 1. The van der Waals surface area contributed by atoms with Crippen molar-refractivity contribution in [2.24, 2.45) is 0 Å². The lowest BCUT2D eigenvalue weighted by atomic mass is 10.0. The summed E-state index contributed by atoms with van der Waals surface area (Å²) in [6.07, 6.45) is 4.90. The number of aromatic amines is 1. The van der Waals surface area contributed by atoms with Crippen molar-refractivity contribution < 1.29 is 19.1 Å². The lowest BCUT2D eigenvalue weighted by molar-refractivity contribution is -0.115. The van der Waals surface area contributed by atoms with Gasteiger partial charge in [-0.1, -0.05) is 13.0 Å². The summed E-state index contributed by atoms with van der Waals surface area (Å²) in [5.74, 6) is 1.09. The van der Waals surface area contributed by atoms with Gasteiger partial charge in [-0.25, -0.2) is 9.78 Å². The maximum Gasteiger partial charge on any atom is 0.407 e. The number of ether oxygens (including phenoxy) is 2. The minimum atomic E-state index is -0.358. The Bertz CT molecular complexity index is 821. The summed E-state index contributed by atoms with van der Waals surface area (Å²) < 4.78 is 10.1. The molecule has 2 aromatic heterocycles. The molecule has 0 aliphatic heterocycles. The molecule has 3 rings (SSSR count). The van der Waals surface area contributed by atoms with Gasteiger partial charge in [0.25, 0.3) is 0 Å². The number of nitrogens with one attached hydrogen (secondary N) is 3. The number of methoxy groups -OCH3 is 1. The van der Waals surface area contributed by atoms with Crippen molar-refractivity contribution >= 4 is 17.8 Å². The molecule has 29 heavy (non-hydrogen) atoms. The van der Waals surface area contributed by atoms with Gasteiger partial charge in [-0.3, -0.25) is 9.89 Å². The highest BCUT2D eigenvalue weighted by Crippen LogP contribution is 2.34. The number of alkyl carbamates (subject to hydrolysis) is 1. The van der Waals surface area contributed by atoms with Crippen molar-refractivity contribution in [3.63, 3.8) is 0 Å². The SMILES string of the molecule is CCCOC(=O)N[C@H]1CC[C@@H](c2cc(NC(=O)Cc3ccc(OC)nc3)n[nH]2)C1. The second-order valence-electron chi connectivity index (χ2n) is 7.13. The summed E-state index contributed by atoms with van der Waals surface area (Å²) in [6.45, 7) is 2.39. The van der Waals surface area contributed by atoms with E-state index in [2.05, 4.69) is 25.8 Å². The predicted molar refractivity (Wildman–Crippen MR) is 107 cm³/mol. The summed E-state index contributed by atoms with van der Waals surface area (Å²) in [4.78, 5) is 28.0. The highest BCUT2D eigenvalue weighted by molar-refractivity contribution is 5.91. The number of amides is 2. The fourth-order valence-corrected chi connectivity index (χ4v) is 3.42. The van der Waals surface area contributed by atoms with Crippen molar-refractivity contribution in [2.45, 2.75) is 51.0 Å². The first-order chi connectivity index (χ1) is 14.1. The smallest absolute Gasteiger partial charge is 0.407 e. The second-order valence-corrected chi connectivity index (χ2v) is 7.13. The van der Waals surface area contributed by atoms with Crippen LogP contribution in [0.25, 0.3) is 0 Å². The monoisotopic (exact) mass is 401 g/mol. The standard InChI is InChI=1S/C20H27N5O4/c1-3-8-29-20(27)22-15-6-5-14(10-15)16-11-17(25-24-16)23-18(26)9-13-4-7-19(28-2)21-12-13/h4,7,11-12,14-15H,3,5-6,8-10H2,1-2H3,(H,22,27)(H2,23,24,25,26)/t14-,15+/m1/s1. The van der Waals surface area contributed by atoms with Crippen LogP contribution in [0.15, 0.2) is 24.4 Å². The molecule has 0 aromatic carbocycles. The van der Waals surface area contributed by atoms with Gasteiger partial charge in [0, 0.05) is 36.0 Å². The number of hydrogen-bond donors (Lipinski definition) is 3. The number of hydrogen-bond acceptors (Lipinski definition) is 6. The highest BCUT2D eigenvalue weighted by Gasteiger charge is 2.28. The zero-order valence-corrected chi connectivity index (χ0v) is 16.7. The van der Waals surface area contributed by atoms with E-state index >= 15 is 0 Å². The average molecular weight is 401 g/mol. The molecule has 1 saturated carbocycles. The zero-order valence-electron chi connectivity index (χ0n) is 16.7. The number of carbonyl (C=O) groups excluding carboxylic acids is 2. The number of rotatable bonds is 8. The quantitative estimate of drug-likeness (QED) is 0.626. The molecule has 3 N–H and O–H groups in total. The van der Waals surface area contributed by atoms with Crippen LogP contribution in [-0.4, -0.2) is 46.9 Å². The third-order valence-corrected chi connectivity index (χ3v) is 4.87. The van der Waals surface area contributed by atoms with Crippen molar-refractivity contribution in [1.82, 2.24) is 20.5 Å². The Morgan fingerprint density at radius 2 is 2.17 bits per heavy atom. The number of pyridine rings is 1. The Morgan fingerprint density at radius 1 is 1.31 bits per heavy atom. The van der Waals surface area contributed by atoms with Crippen LogP contribution in [0.2, 0.25) is 0 Å². The number of carbonyl (C=O) groups is 2. The molecule has 0 saturated heterocycles. The molecule has 2 heterocycles. The molecule has 156 valence electrons. The third kappa shape index (κ3) is 5.94. The van der Waals surface area contributed by atoms with Crippen LogP contribution in [0.5, 0.6) is 5.88 Å². The molecule has 2 atom stereocenters. The summed E-state index contributed by atoms with van der Waals surface area (Å²) >= 11 is 0. The van der Waals surface area contributed by atoms with Crippen LogP contribution in [0.3, 0.4) is 0 Å². The molecule has 1 aliphatic rings.